The molecule has 0 atom stereocenters. The van der Waals surface area contributed by atoms with Crippen molar-refractivity contribution in [3.8, 4) is 44.5 Å². The normalized spacial score (nSPS) is 13.4. The number of furan rings is 2. The number of hydrogen-bond donors (Lipinski definition) is 0. The standard InChI is InChI=1S/C57H36O2/c1-57(2)49-30-35(34-23-27-52-47(28-34)48-29-36-21-26-45-40-14-10-11-19-51(40)59-56(45)46(36)32-53(48)58-52)20-24-38(49)39-25-22-37(31-50(39)57)55-43-17-8-6-15-41(43)54(33-12-4-3-5-13-33)42-16-7-9-18-44(42)55/h3-32H,1-2H3. The molecule has 2 heteroatoms. The van der Waals surface area contributed by atoms with Crippen LogP contribution >= 0.6 is 0 Å². The maximum absolute atomic E-state index is 6.51. The Bertz CT molecular complexity index is 3690. The highest BCUT2D eigenvalue weighted by Gasteiger charge is 2.36. The Morgan fingerprint density at radius 3 is 1.58 bits per heavy atom. The SMILES string of the molecule is CC1(C)c2cc(-c3ccc4oc5cc6c(ccc7c8ccccc8oc67)cc5c4c3)ccc2-c2ccc(-c3c4ccccc4c(-c4ccccc4)c4ccccc34)cc21. The van der Waals surface area contributed by atoms with Gasteiger partial charge in [0.2, 0.25) is 0 Å². The molecule has 59 heavy (non-hydrogen) atoms. The molecule has 2 aromatic heterocycles. The van der Waals surface area contributed by atoms with Crippen LogP contribution in [0.1, 0.15) is 25.0 Å². The molecule has 0 spiro atoms. The molecule has 0 saturated heterocycles. The van der Waals surface area contributed by atoms with Crippen LogP contribution in [0.15, 0.2) is 191 Å². The minimum Gasteiger partial charge on any atom is -0.456 e. The van der Waals surface area contributed by atoms with Gasteiger partial charge >= 0.3 is 0 Å². The lowest BCUT2D eigenvalue weighted by Gasteiger charge is -2.23. The lowest BCUT2D eigenvalue weighted by atomic mass is 9.80. The fourth-order valence-electron chi connectivity index (χ4n) is 10.4. The van der Waals surface area contributed by atoms with Crippen molar-refractivity contribution in [3.63, 3.8) is 0 Å². The van der Waals surface area contributed by atoms with Gasteiger partial charge in [0.05, 0.1) is 0 Å². The Morgan fingerprint density at radius 2 is 0.864 bits per heavy atom. The summed E-state index contributed by atoms with van der Waals surface area (Å²) in [5, 5.41) is 11.8. The van der Waals surface area contributed by atoms with Crippen molar-refractivity contribution in [2.45, 2.75) is 19.3 Å². The summed E-state index contributed by atoms with van der Waals surface area (Å²) in [6.45, 7) is 4.77. The van der Waals surface area contributed by atoms with Gasteiger partial charge in [0.15, 0.2) is 0 Å². The monoisotopic (exact) mass is 752 g/mol. The van der Waals surface area contributed by atoms with E-state index in [1.165, 1.54) is 77.2 Å². The van der Waals surface area contributed by atoms with Gasteiger partial charge in [-0.05, 0) is 131 Å². The van der Waals surface area contributed by atoms with Crippen molar-refractivity contribution in [1.82, 2.24) is 0 Å². The van der Waals surface area contributed by atoms with Gasteiger partial charge in [-0.2, -0.15) is 0 Å². The van der Waals surface area contributed by atoms with Crippen molar-refractivity contribution in [2.24, 2.45) is 0 Å². The van der Waals surface area contributed by atoms with Gasteiger partial charge in [-0.25, -0.2) is 0 Å². The fraction of sp³-hybridized carbons (Fsp3) is 0.0526. The molecule has 276 valence electrons. The van der Waals surface area contributed by atoms with Gasteiger partial charge in [-0.15, -0.1) is 0 Å². The first kappa shape index (κ1) is 32.6. The molecule has 0 unspecified atom stereocenters. The number of hydrogen-bond acceptors (Lipinski definition) is 2. The quantitative estimate of drug-likeness (QED) is 0.168. The zero-order valence-electron chi connectivity index (χ0n) is 32.6. The first-order valence-corrected chi connectivity index (χ1v) is 20.5. The highest BCUT2D eigenvalue weighted by atomic mass is 16.3. The molecule has 0 fully saturated rings. The Morgan fingerprint density at radius 1 is 0.322 bits per heavy atom. The molecule has 2 nitrogen and oxygen atoms in total. The smallest absolute Gasteiger partial charge is 0.143 e. The molecule has 0 bridgehead atoms. The molecule has 12 aromatic rings. The molecular weight excluding hydrogens is 717 g/mol. The first-order chi connectivity index (χ1) is 29.0. The van der Waals surface area contributed by atoms with Gasteiger partial charge in [-0.3, -0.25) is 0 Å². The van der Waals surface area contributed by atoms with Crippen LogP contribution in [0.25, 0.3) is 121 Å². The van der Waals surface area contributed by atoms with E-state index >= 15 is 0 Å². The summed E-state index contributed by atoms with van der Waals surface area (Å²) in [5.74, 6) is 0. The van der Waals surface area contributed by atoms with Crippen LogP contribution in [0.2, 0.25) is 0 Å². The Kier molecular flexibility index (Phi) is 6.54. The molecule has 1 aliphatic rings. The lowest BCUT2D eigenvalue weighted by molar-refractivity contribution is 0.661. The van der Waals surface area contributed by atoms with Crippen molar-refractivity contribution in [1.29, 1.82) is 0 Å². The maximum atomic E-state index is 6.51. The summed E-state index contributed by atoms with van der Waals surface area (Å²) in [5.41, 5.74) is 16.2. The third kappa shape index (κ3) is 4.57. The van der Waals surface area contributed by atoms with E-state index in [4.69, 9.17) is 8.83 Å². The van der Waals surface area contributed by atoms with Crippen molar-refractivity contribution in [2.75, 3.05) is 0 Å². The summed E-state index contributed by atoms with van der Waals surface area (Å²) >= 11 is 0. The topological polar surface area (TPSA) is 26.3 Å². The molecule has 0 saturated carbocycles. The zero-order valence-corrected chi connectivity index (χ0v) is 32.6. The van der Waals surface area contributed by atoms with Crippen molar-refractivity contribution < 1.29 is 8.83 Å². The number of rotatable bonds is 3. The predicted octanol–water partition coefficient (Wildman–Crippen LogP) is 16.3. The zero-order chi connectivity index (χ0) is 39.0. The highest BCUT2D eigenvalue weighted by molar-refractivity contribution is 6.22. The molecule has 13 rings (SSSR count). The molecule has 0 amide bonds. The Hall–Kier alpha value is -7.42. The second-order valence-electron chi connectivity index (χ2n) is 16.8. The van der Waals surface area contributed by atoms with E-state index in [2.05, 4.69) is 184 Å². The largest absolute Gasteiger partial charge is 0.456 e. The van der Waals surface area contributed by atoms with E-state index in [-0.39, 0.29) is 5.41 Å². The van der Waals surface area contributed by atoms with E-state index < -0.39 is 0 Å². The van der Waals surface area contributed by atoms with E-state index in [9.17, 15) is 0 Å². The van der Waals surface area contributed by atoms with Gasteiger partial charge in [0.1, 0.15) is 22.3 Å². The van der Waals surface area contributed by atoms with Crippen LogP contribution in [0.3, 0.4) is 0 Å². The molecular formula is C57H36O2. The van der Waals surface area contributed by atoms with E-state index in [1.54, 1.807) is 0 Å². The minimum absolute atomic E-state index is 0.195. The average molecular weight is 753 g/mol. The molecule has 10 aromatic carbocycles. The predicted molar refractivity (Wildman–Crippen MR) is 247 cm³/mol. The second-order valence-corrected chi connectivity index (χ2v) is 16.8. The first-order valence-electron chi connectivity index (χ1n) is 20.5. The third-order valence-corrected chi connectivity index (χ3v) is 13.2. The van der Waals surface area contributed by atoms with Crippen molar-refractivity contribution in [3.05, 3.63) is 193 Å². The summed E-state index contributed by atoms with van der Waals surface area (Å²) in [7, 11) is 0. The number of benzene rings is 10. The number of fused-ring (bicyclic) bond motifs is 13. The van der Waals surface area contributed by atoms with Crippen LogP contribution in [0.5, 0.6) is 0 Å². The third-order valence-electron chi connectivity index (χ3n) is 13.2. The fourth-order valence-corrected chi connectivity index (χ4v) is 10.4. The van der Waals surface area contributed by atoms with Crippen LogP contribution in [0.4, 0.5) is 0 Å². The second kappa shape index (κ2) is 11.8. The summed E-state index contributed by atoms with van der Waals surface area (Å²) in [4.78, 5) is 0. The minimum atomic E-state index is -0.195. The van der Waals surface area contributed by atoms with Gasteiger partial charge in [0.25, 0.3) is 0 Å². The van der Waals surface area contributed by atoms with Gasteiger partial charge in [-0.1, -0.05) is 147 Å². The van der Waals surface area contributed by atoms with Gasteiger partial charge < -0.3 is 8.83 Å². The van der Waals surface area contributed by atoms with E-state index in [1.807, 2.05) is 12.1 Å². The summed E-state index contributed by atoms with van der Waals surface area (Å²) in [6, 6.07) is 66.6. The number of para-hydroxylation sites is 1. The Labute approximate surface area is 340 Å². The van der Waals surface area contributed by atoms with E-state index in [0.717, 1.165) is 54.6 Å². The van der Waals surface area contributed by atoms with E-state index in [0.29, 0.717) is 0 Å². The average Bonchev–Trinajstić information content (AvgIpc) is 3.91. The highest BCUT2D eigenvalue weighted by Crippen LogP contribution is 2.52. The maximum Gasteiger partial charge on any atom is 0.143 e. The Balaban J connectivity index is 0.922. The van der Waals surface area contributed by atoms with Crippen molar-refractivity contribution >= 4 is 76.2 Å². The van der Waals surface area contributed by atoms with Crippen LogP contribution < -0.4 is 0 Å². The molecule has 2 heterocycles. The van der Waals surface area contributed by atoms with Crippen LogP contribution in [0, 0.1) is 0 Å². The molecule has 0 N–H and O–H groups in total. The summed E-state index contributed by atoms with van der Waals surface area (Å²) in [6.07, 6.45) is 0. The summed E-state index contributed by atoms with van der Waals surface area (Å²) < 4.78 is 12.9. The van der Waals surface area contributed by atoms with Crippen LogP contribution in [-0.4, -0.2) is 0 Å². The molecule has 0 aliphatic heterocycles. The lowest BCUT2D eigenvalue weighted by Crippen LogP contribution is -2.15. The van der Waals surface area contributed by atoms with Crippen LogP contribution in [-0.2, 0) is 5.41 Å². The molecule has 1 aliphatic carbocycles. The van der Waals surface area contributed by atoms with Gasteiger partial charge in [0, 0.05) is 32.3 Å². The molecule has 0 radical (unpaired) electrons.